The molecule has 0 aliphatic heterocycles. The summed E-state index contributed by atoms with van der Waals surface area (Å²) in [6, 6.07) is 0.0457. The van der Waals surface area contributed by atoms with Crippen molar-refractivity contribution < 1.29 is 39.7 Å². The molecule has 3 aliphatic rings. The Morgan fingerprint density at radius 2 is 1.81 bits per heavy atom. The summed E-state index contributed by atoms with van der Waals surface area (Å²) in [7, 11) is 6.29. The maximum absolute atomic E-state index is 13.6. The number of aliphatic hydroxyl groups excluding tert-OH is 2. The first-order valence-corrected chi connectivity index (χ1v) is 11.0. The lowest BCUT2D eigenvalue weighted by molar-refractivity contribution is -0.385. The number of hydrogen-bond donors (Lipinski definition) is 5. The molecule has 13 nitrogen and oxygen atoms in total. The second kappa shape index (κ2) is 8.03. The summed E-state index contributed by atoms with van der Waals surface area (Å²) in [5.74, 6) is -8.16. The van der Waals surface area contributed by atoms with Gasteiger partial charge in [0.15, 0.2) is 11.4 Å². The number of nitrogens with two attached hydrogens (primary N) is 1. The molecule has 1 unspecified atom stereocenters. The highest BCUT2D eigenvalue weighted by atomic mass is 16.6. The number of fused-ring (bicyclic) bond motifs is 3. The van der Waals surface area contributed by atoms with E-state index in [2.05, 4.69) is 0 Å². The van der Waals surface area contributed by atoms with Gasteiger partial charge in [-0.1, -0.05) is 0 Å². The number of ketones is 2. The van der Waals surface area contributed by atoms with E-state index >= 15 is 0 Å². The minimum absolute atomic E-state index is 0.0353. The summed E-state index contributed by atoms with van der Waals surface area (Å²) < 4.78 is 0. The smallest absolute Gasteiger partial charge is 0.313 e. The number of benzene rings is 1. The number of rotatable bonds is 4. The number of phenols is 1. The first-order valence-electron chi connectivity index (χ1n) is 11.0. The lowest BCUT2D eigenvalue weighted by Gasteiger charge is -2.50. The lowest BCUT2D eigenvalue weighted by atomic mass is 9.58. The van der Waals surface area contributed by atoms with Gasteiger partial charge < -0.3 is 31.1 Å². The number of Topliss-reactive ketones (excluding diaryl/α,β-unsaturated/α-hetero) is 2. The summed E-state index contributed by atoms with van der Waals surface area (Å²) in [6.45, 7) is 0. The van der Waals surface area contributed by atoms with Gasteiger partial charge in [0.2, 0.25) is 11.5 Å². The number of carbonyl (C=O) groups is 3. The maximum atomic E-state index is 13.6. The van der Waals surface area contributed by atoms with Crippen molar-refractivity contribution in [2.75, 3.05) is 33.1 Å². The third-order valence-electron chi connectivity index (χ3n) is 7.36. The molecule has 4 rings (SSSR count). The molecule has 4 atom stereocenters. The number of nitro groups is 1. The third-order valence-corrected chi connectivity index (χ3v) is 7.36. The number of allylic oxidation sites excluding steroid dienone is 1. The van der Waals surface area contributed by atoms with Crippen LogP contribution in [0, 0.1) is 22.0 Å². The number of aliphatic hydroxyl groups is 3. The van der Waals surface area contributed by atoms with E-state index < -0.39 is 85.5 Å². The predicted molar refractivity (Wildman–Crippen MR) is 125 cm³/mol. The Hall–Kier alpha value is -3.97. The maximum Gasteiger partial charge on any atom is 0.313 e. The average Bonchev–Trinajstić information content (AvgIpc) is 2.75. The van der Waals surface area contributed by atoms with Crippen LogP contribution < -0.4 is 10.6 Å². The van der Waals surface area contributed by atoms with E-state index in [0.717, 1.165) is 6.07 Å². The average molecular weight is 502 g/mol. The Labute approximate surface area is 204 Å². The number of nitrogens with zero attached hydrogens (tertiary/aromatic N) is 3. The van der Waals surface area contributed by atoms with Crippen molar-refractivity contribution in [2.45, 2.75) is 24.5 Å². The summed E-state index contributed by atoms with van der Waals surface area (Å²) in [5, 5.41) is 55.8. The molecule has 36 heavy (non-hydrogen) atoms. The molecule has 3 aliphatic carbocycles. The fourth-order valence-corrected chi connectivity index (χ4v) is 5.82. The summed E-state index contributed by atoms with van der Waals surface area (Å²) in [5.41, 5.74) is 0.726. The molecule has 0 fully saturated rings. The molecule has 192 valence electrons. The molecule has 0 radical (unpaired) electrons. The normalized spacial score (nSPS) is 27.6. The van der Waals surface area contributed by atoms with E-state index in [0.29, 0.717) is 11.3 Å². The van der Waals surface area contributed by atoms with Gasteiger partial charge in [0, 0.05) is 37.3 Å². The van der Waals surface area contributed by atoms with Crippen LogP contribution in [0.5, 0.6) is 5.75 Å². The minimum Gasteiger partial charge on any atom is -0.510 e. The number of amides is 1. The summed E-state index contributed by atoms with van der Waals surface area (Å²) >= 11 is 0. The Balaban J connectivity index is 2.01. The fraction of sp³-hybridized carbons (Fsp3) is 0.435. The van der Waals surface area contributed by atoms with Crippen LogP contribution in [-0.2, 0) is 16.0 Å². The van der Waals surface area contributed by atoms with Gasteiger partial charge in [-0.2, -0.15) is 0 Å². The topological polar surface area (TPSA) is 208 Å². The van der Waals surface area contributed by atoms with Gasteiger partial charge in [-0.15, -0.1) is 0 Å². The minimum atomic E-state index is -2.77. The molecule has 1 amide bonds. The summed E-state index contributed by atoms with van der Waals surface area (Å²) in [4.78, 5) is 52.6. The zero-order valence-corrected chi connectivity index (χ0v) is 20.0. The van der Waals surface area contributed by atoms with Crippen LogP contribution in [0.1, 0.15) is 22.3 Å². The largest absolute Gasteiger partial charge is 0.510 e. The standard InChI is InChI=1S/C23H26N4O9/c1-25(2)11-7-12(27(35)36)17(28)14-9(11)5-8-6-10-16(26(3)4)19(30)15(22(24)33)21(32)23(10,34)20(31)13(8)18(14)29/h7-8,10,16,28,30-31,34H,5-6H2,1-4H3,(H2,24,33)/t8?,10-,16-,23-/m0/s1. The Bertz CT molecular complexity index is 1310. The van der Waals surface area contributed by atoms with Crippen molar-refractivity contribution in [3.05, 3.63) is 50.0 Å². The number of hydrogen-bond acceptors (Lipinski definition) is 11. The number of primary amides is 1. The van der Waals surface area contributed by atoms with Crippen molar-refractivity contribution in [1.29, 1.82) is 0 Å². The third kappa shape index (κ3) is 3.12. The Kier molecular flexibility index (Phi) is 5.61. The number of phenolic OH excluding ortho intramolecular Hbond substituents is 1. The molecule has 1 aromatic rings. The number of likely N-dealkylation sites (N-methyl/N-ethyl adjacent to an activating group) is 1. The highest BCUT2D eigenvalue weighted by molar-refractivity contribution is 6.25. The highest BCUT2D eigenvalue weighted by Gasteiger charge is 2.63. The van der Waals surface area contributed by atoms with Crippen LogP contribution in [0.25, 0.3) is 0 Å². The monoisotopic (exact) mass is 502 g/mol. The summed E-state index contributed by atoms with van der Waals surface area (Å²) in [6.07, 6.45) is -0.0377. The van der Waals surface area contributed by atoms with Crippen LogP contribution in [0.15, 0.2) is 28.7 Å². The molecule has 13 heteroatoms. The Morgan fingerprint density at radius 3 is 2.31 bits per heavy atom. The molecule has 0 heterocycles. The molecular formula is C23H26N4O9. The van der Waals surface area contributed by atoms with Gasteiger partial charge >= 0.3 is 5.69 Å². The van der Waals surface area contributed by atoms with Crippen LogP contribution in [-0.4, -0.2) is 87.6 Å². The van der Waals surface area contributed by atoms with Crippen molar-refractivity contribution in [2.24, 2.45) is 17.6 Å². The number of anilines is 1. The number of carbonyl (C=O) groups excluding carboxylic acids is 3. The van der Waals surface area contributed by atoms with Crippen molar-refractivity contribution in [3.63, 3.8) is 0 Å². The zero-order valence-electron chi connectivity index (χ0n) is 20.0. The van der Waals surface area contributed by atoms with Crippen LogP contribution in [0.3, 0.4) is 0 Å². The SMILES string of the molecule is CN(C)c1cc([N+](=O)[O-])c(O)c2c1CC1C[C@H]3[C@H](N(C)C)C(O)=C(C(N)=O)C(=O)[C@@]3(O)C(O)=C1C2=O. The predicted octanol–water partition coefficient (Wildman–Crippen LogP) is 0.0948. The van der Waals surface area contributed by atoms with Crippen LogP contribution in [0.2, 0.25) is 0 Å². The molecule has 0 saturated heterocycles. The second-order valence-corrected chi connectivity index (χ2v) is 9.73. The molecular weight excluding hydrogens is 476 g/mol. The van der Waals surface area contributed by atoms with E-state index in [1.165, 1.54) is 19.0 Å². The van der Waals surface area contributed by atoms with Gasteiger partial charge in [-0.25, -0.2) is 0 Å². The second-order valence-electron chi connectivity index (χ2n) is 9.73. The molecule has 1 aromatic carbocycles. The molecule has 0 spiro atoms. The highest BCUT2D eigenvalue weighted by Crippen LogP contribution is 2.54. The molecule has 0 saturated carbocycles. The van der Waals surface area contributed by atoms with Gasteiger partial charge in [0.05, 0.1) is 16.5 Å². The quantitative estimate of drug-likeness (QED) is 0.212. The van der Waals surface area contributed by atoms with Crippen molar-refractivity contribution >= 4 is 28.8 Å². The molecule has 0 aromatic heterocycles. The lowest BCUT2D eigenvalue weighted by Crippen LogP contribution is -2.63. The van der Waals surface area contributed by atoms with Gasteiger partial charge in [-0.3, -0.25) is 29.4 Å². The van der Waals surface area contributed by atoms with E-state index in [1.54, 1.807) is 19.0 Å². The number of aromatic hydroxyl groups is 1. The van der Waals surface area contributed by atoms with Crippen molar-refractivity contribution in [1.82, 2.24) is 4.90 Å². The van der Waals surface area contributed by atoms with Crippen LogP contribution in [0.4, 0.5) is 11.4 Å². The zero-order chi connectivity index (χ0) is 27.0. The number of nitro benzene ring substituents is 1. The van der Waals surface area contributed by atoms with Crippen LogP contribution >= 0.6 is 0 Å². The van der Waals surface area contributed by atoms with E-state index in [1.807, 2.05) is 0 Å². The Morgan fingerprint density at radius 1 is 1.19 bits per heavy atom. The van der Waals surface area contributed by atoms with Gasteiger partial charge in [-0.05, 0) is 38.4 Å². The van der Waals surface area contributed by atoms with Gasteiger partial charge in [0.1, 0.15) is 17.1 Å². The van der Waals surface area contributed by atoms with E-state index in [9.17, 15) is 44.9 Å². The molecule has 0 bridgehead atoms. The first-order chi connectivity index (χ1) is 16.7. The molecule has 6 N–H and O–H groups in total. The van der Waals surface area contributed by atoms with E-state index in [-0.39, 0.29) is 12.8 Å². The first kappa shape index (κ1) is 25.1. The fourth-order valence-electron chi connectivity index (χ4n) is 5.82. The van der Waals surface area contributed by atoms with Crippen molar-refractivity contribution in [3.8, 4) is 5.75 Å². The van der Waals surface area contributed by atoms with E-state index in [4.69, 9.17) is 5.73 Å². The van der Waals surface area contributed by atoms with Gasteiger partial charge in [0.25, 0.3) is 5.91 Å².